The van der Waals surface area contributed by atoms with Crippen molar-refractivity contribution in [3.8, 4) is 0 Å². The molecule has 1 amide bonds. The minimum Gasteiger partial charge on any atom is -0.327 e. The van der Waals surface area contributed by atoms with Gasteiger partial charge < -0.3 is 9.84 Å². The predicted molar refractivity (Wildman–Crippen MR) is 88.0 cm³/mol. The van der Waals surface area contributed by atoms with Crippen LogP contribution in [0.25, 0.3) is 10.9 Å². The number of benzene rings is 1. The summed E-state index contributed by atoms with van der Waals surface area (Å²) in [5.74, 6) is -0.0120. The molecule has 6 heteroatoms. The molecule has 0 saturated heterocycles. The molecule has 1 aromatic carbocycles. The highest BCUT2D eigenvalue weighted by Gasteiger charge is 2.21. The Morgan fingerprint density at radius 1 is 1.26 bits per heavy atom. The third-order valence-corrected chi connectivity index (χ3v) is 3.74. The van der Waals surface area contributed by atoms with Crippen molar-refractivity contribution in [1.82, 2.24) is 9.72 Å². The number of nitrogens with zero attached hydrogens (tertiary/aromatic N) is 2. The SMILES string of the molecule is Cc1c(C(C)C)c(=O)on1C(=O)Nc1cccc2ncccc12. The van der Waals surface area contributed by atoms with Crippen LogP contribution in [0.15, 0.2) is 45.8 Å². The summed E-state index contributed by atoms with van der Waals surface area (Å²) >= 11 is 0. The quantitative estimate of drug-likeness (QED) is 0.785. The molecule has 0 aliphatic rings. The molecule has 0 bridgehead atoms. The smallest absolute Gasteiger partial charge is 0.327 e. The van der Waals surface area contributed by atoms with Gasteiger partial charge in [-0.05, 0) is 37.1 Å². The summed E-state index contributed by atoms with van der Waals surface area (Å²) in [6, 6.07) is 8.61. The van der Waals surface area contributed by atoms with Crippen LogP contribution in [-0.4, -0.2) is 15.8 Å². The molecule has 2 aromatic heterocycles. The molecule has 118 valence electrons. The van der Waals surface area contributed by atoms with Crippen LogP contribution < -0.4 is 10.9 Å². The maximum Gasteiger partial charge on any atom is 0.361 e. The lowest BCUT2D eigenvalue weighted by atomic mass is 10.1. The molecule has 0 spiro atoms. The van der Waals surface area contributed by atoms with Crippen LogP contribution in [-0.2, 0) is 0 Å². The highest BCUT2D eigenvalue weighted by molar-refractivity contribution is 6.00. The van der Waals surface area contributed by atoms with Crippen molar-refractivity contribution < 1.29 is 9.32 Å². The van der Waals surface area contributed by atoms with Crippen molar-refractivity contribution in [2.45, 2.75) is 26.7 Å². The molecule has 1 N–H and O–H groups in total. The van der Waals surface area contributed by atoms with Gasteiger partial charge in [0, 0.05) is 11.6 Å². The summed E-state index contributed by atoms with van der Waals surface area (Å²) in [6.45, 7) is 5.47. The Kier molecular flexibility index (Phi) is 3.73. The second-order valence-corrected chi connectivity index (χ2v) is 5.63. The minimum absolute atomic E-state index is 0.0120. The van der Waals surface area contributed by atoms with E-state index in [4.69, 9.17) is 4.52 Å². The number of carbonyl (C=O) groups is 1. The fraction of sp³-hybridized carbons (Fsp3) is 0.235. The van der Waals surface area contributed by atoms with Gasteiger partial charge in [0.15, 0.2) is 0 Å². The van der Waals surface area contributed by atoms with Gasteiger partial charge in [0.25, 0.3) is 0 Å². The highest BCUT2D eigenvalue weighted by Crippen LogP contribution is 2.22. The van der Waals surface area contributed by atoms with Gasteiger partial charge >= 0.3 is 11.7 Å². The number of amides is 1. The van der Waals surface area contributed by atoms with Crippen LogP contribution in [0.5, 0.6) is 0 Å². The summed E-state index contributed by atoms with van der Waals surface area (Å²) in [5, 5.41) is 3.59. The van der Waals surface area contributed by atoms with Gasteiger partial charge in [-0.25, -0.2) is 9.59 Å². The summed E-state index contributed by atoms with van der Waals surface area (Å²) in [6.07, 6.45) is 1.69. The van der Waals surface area contributed by atoms with Crippen molar-refractivity contribution in [3.63, 3.8) is 0 Å². The third kappa shape index (κ3) is 2.63. The van der Waals surface area contributed by atoms with E-state index in [-0.39, 0.29) is 5.92 Å². The number of pyridine rings is 1. The first-order chi connectivity index (χ1) is 11.0. The van der Waals surface area contributed by atoms with Crippen LogP contribution in [0, 0.1) is 6.92 Å². The normalized spacial score (nSPS) is 11.1. The van der Waals surface area contributed by atoms with Crippen LogP contribution in [0.3, 0.4) is 0 Å². The molecule has 0 saturated carbocycles. The van der Waals surface area contributed by atoms with Crippen LogP contribution in [0.1, 0.15) is 31.0 Å². The maximum atomic E-state index is 12.5. The molecule has 23 heavy (non-hydrogen) atoms. The van der Waals surface area contributed by atoms with Crippen molar-refractivity contribution in [1.29, 1.82) is 0 Å². The number of carbonyl (C=O) groups excluding carboxylic acids is 1. The first kappa shape index (κ1) is 15.0. The van der Waals surface area contributed by atoms with E-state index in [1.54, 1.807) is 25.3 Å². The van der Waals surface area contributed by atoms with Gasteiger partial charge in [-0.1, -0.05) is 19.9 Å². The molecular formula is C17H17N3O3. The number of aromatic nitrogens is 2. The summed E-state index contributed by atoms with van der Waals surface area (Å²) < 4.78 is 6.09. The molecule has 0 radical (unpaired) electrons. The predicted octanol–water partition coefficient (Wildman–Crippen LogP) is 3.50. The van der Waals surface area contributed by atoms with E-state index in [2.05, 4.69) is 10.3 Å². The number of nitrogens with one attached hydrogen (secondary N) is 1. The van der Waals surface area contributed by atoms with Crippen molar-refractivity contribution in [2.75, 3.05) is 5.32 Å². The van der Waals surface area contributed by atoms with E-state index < -0.39 is 11.7 Å². The van der Waals surface area contributed by atoms with Crippen molar-refractivity contribution >= 4 is 22.6 Å². The lowest BCUT2D eigenvalue weighted by Crippen LogP contribution is -2.20. The lowest BCUT2D eigenvalue weighted by Gasteiger charge is -2.09. The Bertz CT molecular complexity index is 932. The van der Waals surface area contributed by atoms with Gasteiger partial charge in [-0.15, -0.1) is 4.74 Å². The van der Waals surface area contributed by atoms with E-state index in [1.165, 1.54) is 0 Å². The van der Waals surface area contributed by atoms with Gasteiger partial charge in [-0.2, -0.15) is 0 Å². The van der Waals surface area contributed by atoms with E-state index >= 15 is 0 Å². The zero-order chi connectivity index (χ0) is 16.6. The number of anilines is 1. The fourth-order valence-corrected chi connectivity index (χ4v) is 2.68. The average molecular weight is 311 g/mol. The minimum atomic E-state index is -0.511. The second-order valence-electron chi connectivity index (χ2n) is 5.63. The third-order valence-electron chi connectivity index (χ3n) is 3.74. The summed E-state index contributed by atoms with van der Waals surface area (Å²) in [4.78, 5) is 28.6. The molecule has 2 heterocycles. The largest absolute Gasteiger partial charge is 0.361 e. The standard InChI is InChI=1S/C17H17N3O3/c1-10(2)15-11(3)20(23-16(15)21)17(22)19-14-8-4-7-13-12(14)6-5-9-18-13/h4-10H,1-3H3,(H,19,22). The van der Waals surface area contributed by atoms with E-state index in [9.17, 15) is 9.59 Å². The Balaban J connectivity index is 1.99. The van der Waals surface area contributed by atoms with Gasteiger partial charge in [-0.3, -0.25) is 4.98 Å². The molecule has 0 unspecified atom stereocenters. The van der Waals surface area contributed by atoms with Crippen LogP contribution in [0.4, 0.5) is 10.5 Å². The molecule has 3 aromatic rings. The number of hydrogen-bond acceptors (Lipinski definition) is 4. The Morgan fingerprint density at radius 3 is 2.74 bits per heavy atom. The number of rotatable bonds is 2. The van der Waals surface area contributed by atoms with Gasteiger partial charge in [0.1, 0.15) is 0 Å². The second kappa shape index (κ2) is 5.72. The fourth-order valence-electron chi connectivity index (χ4n) is 2.68. The van der Waals surface area contributed by atoms with E-state index in [0.717, 1.165) is 15.6 Å². The number of fused-ring (bicyclic) bond motifs is 1. The Labute approximate surface area is 132 Å². The zero-order valence-electron chi connectivity index (χ0n) is 13.2. The summed E-state index contributed by atoms with van der Waals surface area (Å²) in [7, 11) is 0. The topological polar surface area (TPSA) is 77.1 Å². The van der Waals surface area contributed by atoms with Gasteiger partial charge in [0.2, 0.25) is 0 Å². The summed E-state index contributed by atoms with van der Waals surface area (Å²) in [5.41, 5.74) is 1.94. The molecule has 6 nitrogen and oxygen atoms in total. The molecule has 0 atom stereocenters. The highest BCUT2D eigenvalue weighted by atomic mass is 16.5. The Morgan fingerprint density at radius 2 is 2.04 bits per heavy atom. The van der Waals surface area contributed by atoms with E-state index in [1.807, 2.05) is 32.0 Å². The monoisotopic (exact) mass is 311 g/mol. The first-order valence-corrected chi connectivity index (χ1v) is 7.37. The van der Waals surface area contributed by atoms with Crippen molar-refractivity contribution in [2.24, 2.45) is 0 Å². The van der Waals surface area contributed by atoms with Crippen LogP contribution >= 0.6 is 0 Å². The van der Waals surface area contributed by atoms with Crippen LogP contribution in [0.2, 0.25) is 0 Å². The molecular weight excluding hydrogens is 294 g/mol. The van der Waals surface area contributed by atoms with Gasteiger partial charge in [0.05, 0.1) is 22.5 Å². The zero-order valence-corrected chi connectivity index (χ0v) is 13.2. The Hall–Kier alpha value is -2.89. The van der Waals surface area contributed by atoms with Crippen molar-refractivity contribution in [3.05, 3.63) is 58.2 Å². The number of hydrogen-bond donors (Lipinski definition) is 1. The first-order valence-electron chi connectivity index (χ1n) is 7.37. The molecule has 3 rings (SSSR count). The average Bonchev–Trinajstić information content (AvgIpc) is 2.82. The maximum absolute atomic E-state index is 12.5. The molecule has 0 fully saturated rings. The van der Waals surface area contributed by atoms with E-state index in [0.29, 0.717) is 16.9 Å². The molecule has 0 aliphatic heterocycles. The molecule has 0 aliphatic carbocycles. The lowest BCUT2D eigenvalue weighted by molar-refractivity contribution is 0.217.